The highest BCUT2D eigenvalue weighted by atomic mass is 15.0. The Labute approximate surface area is 89.6 Å². The second-order valence-corrected chi connectivity index (χ2v) is 3.63. The Morgan fingerprint density at radius 1 is 1.40 bits per heavy atom. The zero-order chi connectivity index (χ0) is 10.7. The Hall–Kier alpha value is -1.61. The largest absolute Gasteiger partial charge is 0.330 e. The van der Waals surface area contributed by atoms with E-state index >= 15 is 0 Å². The fraction of sp³-hybridized carbons (Fsp3) is 0.250. The summed E-state index contributed by atoms with van der Waals surface area (Å²) in [4.78, 5) is 4.05. The summed E-state index contributed by atoms with van der Waals surface area (Å²) in [6.45, 7) is 2.79. The van der Waals surface area contributed by atoms with Crippen LogP contribution < -0.4 is 5.73 Å². The highest BCUT2D eigenvalue weighted by Gasteiger charge is 2.01. The molecule has 3 nitrogen and oxygen atoms in total. The molecule has 78 valence electrons. The molecule has 0 radical (unpaired) electrons. The van der Waals surface area contributed by atoms with Gasteiger partial charge in [-0.25, -0.2) is 4.98 Å². The summed E-state index contributed by atoms with van der Waals surface area (Å²) in [5.41, 5.74) is 9.24. The van der Waals surface area contributed by atoms with Gasteiger partial charge in [-0.15, -0.1) is 0 Å². The smallest absolute Gasteiger partial charge is 0.0991 e. The van der Waals surface area contributed by atoms with Crippen molar-refractivity contribution in [2.45, 2.75) is 13.3 Å². The number of hydrogen-bond donors (Lipinski definition) is 1. The van der Waals surface area contributed by atoms with Gasteiger partial charge in [-0.05, 0) is 37.1 Å². The van der Waals surface area contributed by atoms with E-state index in [0.29, 0.717) is 6.54 Å². The van der Waals surface area contributed by atoms with E-state index in [1.54, 1.807) is 6.20 Å². The van der Waals surface area contributed by atoms with Gasteiger partial charge >= 0.3 is 0 Å². The van der Waals surface area contributed by atoms with Crippen LogP contribution in [-0.4, -0.2) is 16.1 Å². The van der Waals surface area contributed by atoms with E-state index in [9.17, 15) is 0 Å². The minimum Gasteiger partial charge on any atom is -0.330 e. The minimum atomic E-state index is 0.687. The van der Waals surface area contributed by atoms with Crippen LogP contribution in [0.25, 0.3) is 5.69 Å². The van der Waals surface area contributed by atoms with E-state index in [0.717, 1.165) is 6.42 Å². The Bertz CT molecular complexity index is 432. The molecule has 0 amide bonds. The van der Waals surface area contributed by atoms with Crippen molar-refractivity contribution in [3.05, 3.63) is 48.0 Å². The third-order valence-electron chi connectivity index (χ3n) is 2.49. The Balaban J connectivity index is 2.41. The first-order valence-corrected chi connectivity index (χ1v) is 5.09. The van der Waals surface area contributed by atoms with Gasteiger partial charge in [0.25, 0.3) is 0 Å². The van der Waals surface area contributed by atoms with Gasteiger partial charge in [-0.1, -0.05) is 12.1 Å². The van der Waals surface area contributed by atoms with E-state index in [2.05, 4.69) is 30.1 Å². The number of nitrogens with two attached hydrogens (primary N) is 1. The molecule has 0 aliphatic carbocycles. The van der Waals surface area contributed by atoms with E-state index in [1.165, 1.54) is 16.8 Å². The van der Waals surface area contributed by atoms with Crippen molar-refractivity contribution in [3.63, 3.8) is 0 Å². The molecule has 15 heavy (non-hydrogen) atoms. The highest BCUT2D eigenvalue weighted by molar-refractivity contribution is 5.43. The van der Waals surface area contributed by atoms with Crippen molar-refractivity contribution >= 4 is 0 Å². The Morgan fingerprint density at radius 3 is 2.93 bits per heavy atom. The molecule has 2 aromatic rings. The molecule has 0 spiro atoms. The van der Waals surface area contributed by atoms with Crippen LogP contribution in [0, 0.1) is 6.92 Å². The number of benzene rings is 1. The minimum absolute atomic E-state index is 0.687. The summed E-state index contributed by atoms with van der Waals surface area (Å²) in [6.07, 6.45) is 6.47. The van der Waals surface area contributed by atoms with Gasteiger partial charge in [0, 0.05) is 18.1 Å². The molecule has 1 heterocycles. The van der Waals surface area contributed by atoms with Crippen molar-refractivity contribution in [3.8, 4) is 5.69 Å². The molecule has 0 unspecified atom stereocenters. The highest BCUT2D eigenvalue weighted by Crippen LogP contribution is 2.15. The standard InChI is InChI=1S/C12H15N3/c1-10-2-3-11(4-5-13)8-12(10)15-7-6-14-9-15/h2-3,6-9H,4-5,13H2,1H3. The molecule has 0 aliphatic heterocycles. The van der Waals surface area contributed by atoms with Crippen LogP contribution in [0.4, 0.5) is 0 Å². The van der Waals surface area contributed by atoms with Gasteiger partial charge in [0.1, 0.15) is 0 Å². The SMILES string of the molecule is Cc1ccc(CCN)cc1-n1ccnc1. The number of aryl methyl sites for hydroxylation is 1. The average Bonchev–Trinajstić information content (AvgIpc) is 2.74. The first kappa shape index (κ1) is 9.93. The summed E-state index contributed by atoms with van der Waals surface area (Å²) in [6, 6.07) is 6.42. The van der Waals surface area contributed by atoms with Crippen LogP contribution in [0.3, 0.4) is 0 Å². The maximum atomic E-state index is 5.55. The third-order valence-corrected chi connectivity index (χ3v) is 2.49. The Morgan fingerprint density at radius 2 is 2.27 bits per heavy atom. The molecule has 3 heteroatoms. The first-order chi connectivity index (χ1) is 7.31. The lowest BCUT2D eigenvalue weighted by Crippen LogP contribution is -2.04. The molecule has 0 fully saturated rings. The second kappa shape index (κ2) is 4.28. The number of aromatic nitrogens is 2. The summed E-state index contributed by atoms with van der Waals surface area (Å²) >= 11 is 0. The fourth-order valence-corrected chi connectivity index (χ4v) is 1.66. The monoisotopic (exact) mass is 201 g/mol. The number of nitrogens with zero attached hydrogens (tertiary/aromatic N) is 2. The molecule has 2 rings (SSSR count). The number of imidazole rings is 1. The predicted molar refractivity (Wildman–Crippen MR) is 61.1 cm³/mol. The maximum Gasteiger partial charge on any atom is 0.0991 e. The van der Waals surface area contributed by atoms with Gasteiger partial charge in [0.05, 0.1) is 6.33 Å². The van der Waals surface area contributed by atoms with Crippen molar-refractivity contribution in [1.82, 2.24) is 9.55 Å². The van der Waals surface area contributed by atoms with Gasteiger partial charge in [-0.2, -0.15) is 0 Å². The van der Waals surface area contributed by atoms with E-state index in [1.807, 2.05) is 17.1 Å². The van der Waals surface area contributed by atoms with Crippen LogP contribution in [0.2, 0.25) is 0 Å². The van der Waals surface area contributed by atoms with Gasteiger partial charge in [-0.3, -0.25) is 0 Å². The average molecular weight is 201 g/mol. The van der Waals surface area contributed by atoms with Gasteiger partial charge < -0.3 is 10.3 Å². The topological polar surface area (TPSA) is 43.8 Å². The lowest BCUT2D eigenvalue weighted by atomic mass is 10.1. The number of rotatable bonds is 3. The normalized spacial score (nSPS) is 10.5. The molecule has 0 bridgehead atoms. The van der Waals surface area contributed by atoms with Crippen molar-refractivity contribution in [2.75, 3.05) is 6.54 Å². The van der Waals surface area contributed by atoms with Crippen molar-refractivity contribution in [2.24, 2.45) is 5.73 Å². The molecule has 1 aromatic heterocycles. The van der Waals surface area contributed by atoms with Gasteiger partial charge in [0.2, 0.25) is 0 Å². The van der Waals surface area contributed by atoms with Crippen LogP contribution in [-0.2, 0) is 6.42 Å². The summed E-state index contributed by atoms with van der Waals surface area (Å²) < 4.78 is 2.02. The molecular formula is C12H15N3. The predicted octanol–water partition coefficient (Wildman–Crippen LogP) is 1.68. The Kier molecular flexibility index (Phi) is 2.83. The van der Waals surface area contributed by atoms with Crippen LogP contribution in [0.15, 0.2) is 36.9 Å². The second-order valence-electron chi connectivity index (χ2n) is 3.63. The zero-order valence-electron chi connectivity index (χ0n) is 8.85. The molecule has 2 N–H and O–H groups in total. The summed E-state index contributed by atoms with van der Waals surface area (Å²) in [5, 5.41) is 0. The van der Waals surface area contributed by atoms with Crippen LogP contribution >= 0.6 is 0 Å². The fourth-order valence-electron chi connectivity index (χ4n) is 1.66. The molecule has 0 aliphatic rings. The molecule has 0 saturated heterocycles. The number of hydrogen-bond acceptors (Lipinski definition) is 2. The van der Waals surface area contributed by atoms with Crippen LogP contribution in [0.5, 0.6) is 0 Å². The molecular weight excluding hydrogens is 186 g/mol. The molecule has 0 atom stereocenters. The lowest BCUT2D eigenvalue weighted by molar-refractivity contribution is 0.956. The van der Waals surface area contributed by atoms with E-state index in [-0.39, 0.29) is 0 Å². The van der Waals surface area contributed by atoms with Crippen LogP contribution in [0.1, 0.15) is 11.1 Å². The quantitative estimate of drug-likeness (QED) is 0.821. The van der Waals surface area contributed by atoms with E-state index < -0.39 is 0 Å². The molecule has 0 saturated carbocycles. The lowest BCUT2D eigenvalue weighted by Gasteiger charge is -2.08. The van der Waals surface area contributed by atoms with Crippen molar-refractivity contribution < 1.29 is 0 Å². The zero-order valence-corrected chi connectivity index (χ0v) is 8.85. The van der Waals surface area contributed by atoms with Gasteiger partial charge in [0.15, 0.2) is 0 Å². The first-order valence-electron chi connectivity index (χ1n) is 5.09. The van der Waals surface area contributed by atoms with E-state index in [4.69, 9.17) is 5.73 Å². The summed E-state index contributed by atoms with van der Waals surface area (Å²) in [7, 11) is 0. The molecule has 1 aromatic carbocycles. The van der Waals surface area contributed by atoms with Crippen molar-refractivity contribution in [1.29, 1.82) is 0 Å². The summed E-state index contributed by atoms with van der Waals surface area (Å²) in [5.74, 6) is 0. The maximum absolute atomic E-state index is 5.55. The third kappa shape index (κ3) is 2.07.